The third kappa shape index (κ3) is 4.85. The van der Waals surface area contributed by atoms with Gasteiger partial charge in [-0.3, -0.25) is 4.79 Å². The minimum Gasteiger partial charge on any atom is -0.374 e. The molecule has 2 aromatic heterocycles. The molecule has 1 N–H and O–H groups in total. The summed E-state index contributed by atoms with van der Waals surface area (Å²) in [6.45, 7) is 13.4. The van der Waals surface area contributed by atoms with Crippen LogP contribution in [0.2, 0.25) is 0 Å². The zero-order valence-corrected chi connectivity index (χ0v) is 20.0. The number of nitrogens with zero attached hydrogens (tertiary/aromatic N) is 3. The van der Waals surface area contributed by atoms with Crippen molar-refractivity contribution in [2.45, 2.75) is 85.1 Å². The van der Waals surface area contributed by atoms with Gasteiger partial charge in [-0.15, -0.1) is 0 Å². The number of pyridine rings is 1. The molecule has 0 saturated heterocycles. The second kappa shape index (κ2) is 8.66. The normalized spacial score (nSPS) is 14.3. The maximum absolute atomic E-state index is 13.3. The molecule has 0 atom stereocenters. The monoisotopic (exact) mass is 434 g/mol. The fourth-order valence-electron chi connectivity index (χ4n) is 3.91. The van der Waals surface area contributed by atoms with Gasteiger partial charge in [0.25, 0.3) is 5.91 Å². The van der Waals surface area contributed by atoms with Crippen molar-refractivity contribution in [3.63, 3.8) is 0 Å². The van der Waals surface area contributed by atoms with Crippen LogP contribution < -0.4 is 5.32 Å². The lowest BCUT2D eigenvalue weighted by atomic mass is 10.1. The highest BCUT2D eigenvalue weighted by molar-refractivity contribution is 6.06. The van der Waals surface area contributed by atoms with Gasteiger partial charge < -0.3 is 10.1 Å². The zero-order chi connectivity index (χ0) is 23.0. The second-order valence-corrected chi connectivity index (χ2v) is 10.1. The SMILES string of the molecule is Cc1nn(C(C)(C)C)c2nc(C3CC3)cc(C(=O)NCc3cccc(COC(C)C)c3)c12. The van der Waals surface area contributed by atoms with Crippen molar-refractivity contribution >= 4 is 16.9 Å². The zero-order valence-electron chi connectivity index (χ0n) is 20.0. The maximum atomic E-state index is 13.3. The predicted molar refractivity (Wildman–Crippen MR) is 127 cm³/mol. The molecule has 0 bridgehead atoms. The van der Waals surface area contributed by atoms with Gasteiger partial charge in [-0.2, -0.15) is 5.10 Å². The number of rotatable bonds is 7. The lowest BCUT2D eigenvalue weighted by molar-refractivity contribution is 0.0657. The van der Waals surface area contributed by atoms with E-state index in [-0.39, 0.29) is 17.6 Å². The Balaban J connectivity index is 1.61. The molecule has 1 aliphatic rings. The lowest BCUT2D eigenvalue weighted by Gasteiger charge is -2.20. The van der Waals surface area contributed by atoms with Gasteiger partial charge in [0.15, 0.2) is 5.65 Å². The van der Waals surface area contributed by atoms with E-state index < -0.39 is 0 Å². The van der Waals surface area contributed by atoms with Gasteiger partial charge in [0, 0.05) is 18.2 Å². The van der Waals surface area contributed by atoms with E-state index in [0.717, 1.165) is 46.4 Å². The van der Waals surface area contributed by atoms with Crippen molar-refractivity contribution in [2.75, 3.05) is 0 Å². The molecule has 170 valence electrons. The number of benzene rings is 1. The fourth-order valence-corrected chi connectivity index (χ4v) is 3.91. The number of hydrogen-bond acceptors (Lipinski definition) is 4. The molecule has 0 radical (unpaired) electrons. The van der Waals surface area contributed by atoms with Crippen molar-refractivity contribution < 1.29 is 9.53 Å². The van der Waals surface area contributed by atoms with Crippen molar-refractivity contribution in [1.82, 2.24) is 20.1 Å². The van der Waals surface area contributed by atoms with E-state index in [1.54, 1.807) is 0 Å². The number of fused-ring (bicyclic) bond motifs is 1. The van der Waals surface area contributed by atoms with Crippen LogP contribution in [0.3, 0.4) is 0 Å². The van der Waals surface area contributed by atoms with Crippen LogP contribution in [0.25, 0.3) is 11.0 Å². The molecule has 2 heterocycles. The van der Waals surface area contributed by atoms with Crippen molar-refractivity contribution in [3.05, 3.63) is 58.4 Å². The molecule has 1 aliphatic carbocycles. The molecular formula is C26H34N4O2. The maximum Gasteiger partial charge on any atom is 0.252 e. The highest BCUT2D eigenvalue weighted by Gasteiger charge is 2.30. The van der Waals surface area contributed by atoms with Crippen molar-refractivity contribution in [1.29, 1.82) is 0 Å². The van der Waals surface area contributed by atoms with E-state index in [4.69, 9.17) is 14.8 Å². The van der Waals surface area contributed by atoms with Crippen LogP contribution in [-0.4, -0.2) is 26.8 Å². The fraction of sp³-hybridized carbons (Fsp3) is 0.500. The average Bonchev–Trinajstić information content (AvgIpc) is 3.53. The van der Waals surface area contributed by atoms with Gasteiger partial charge in [-0.1, -0.05) is 24.3 Å². The third-order valence-corrected chi connectivity index (χ3v) is 5.74. The van der Waals surface area contributed by atoms with E-state index in [1.807, 2.05) is 49.7 Å². The first-order chi connectivity index (χ1) is 15.1. The molecule has 6 nitrogen and oxygen atoms in total. The van der Waals surface area contributed by atoms with Crippen LogP contribution in [0.15, 0.2) is 30.3 Å². The predicted octanol–water partition coefficient (Wildman–Crippen LogP) is 5.23. The molecule has 3 aromatic rings. The summed E-state index contributed by atoms with van der Waals surface area (Å²) >= 11 is 0. The van der Waals surface area contributed by atoms with Gasteiger partial charge >= 0.3 is 0 Å². The first-order valence-corrected chi connectivity index (χ1v) is 11.5. The standard InChI is InChI=1S/C26H34N4O2/c1-16(2)32-15-19-9-7-8-18(12-19)14-27-25(31)21-13-22(20-10-11-20)28-24-23(21)17(3)29-30(24)26(4,5)6/h7-9,12-13,16,20H,10-11,14-15H2,1-6H3,(H,27,31). The number of carbonyl (C=O) groups is 1. The summed E-state index contributed by atoms with van der Waals surface area (Å²) in [7, 11) is 0. The van der Waals surface area contributed by atoms with Gasteiger partial charge in [-0.25, -0.2) is 9.67 Å². The highest BCUT2D eigenvalue weighted by Crippen LogP contribution is 2.41. The molecule has 0 spiro atoms. The quantitative estimate of drug-likeness (QED) is 0.553. The summed E-state index contributed by atoms with van der Waals surface area (Å²) in [6.07, 6.45) is 2.45. The molecular weight excluding hydrogens is 400 g/mol. The molecule has 6 heteroatoms. The molecule has 1 fully saturated rings. The van der Waals surface area contributed by atoms with Crippen molar-refractivity contribution in [3.8, 4) is 0 Å². The largest absolute Gasteiger partial charge is 0.374 e. The number of nitrogens with one attached hydrogen (secondary N) is 1. The van der Waals surface area contributed by atoms with E-state index >= 15 is 0 Å². The van der Waals surface area contributed by atoms with E-state index in [2.05, 4.69) is 32.2 Å². The molecule has 0 aliphatic heterocycles. The molecule has 4 rings (SSSR count). The van der Waals surface area contributed by atoms with Gasteiger partial charge in [0.05, 0.1) is 34.9 Å². The van der Waals surface area contributed by atoms with E-state index in [9.17, 15) is 4.79 Å². The Hall–Kier alpha value is -2.73. The van der Waals surface area contributed by atoms with Crippen LogP contribution in [0.5, 0.6) is 0 Å². The van der Waals surface area contributed by atoms with Crippen LogP contribution in [0, 0.1) is 6.92 Å². The van der Waals surface area contributed by atoms with Gasteiger partial charge in [0.2, 0.25) is 0 Å². The summed E-state index contributed by atoms with van der Waals surface area (Å²) in [5, 5.41) is 8.71. The van der Waals surface area contributed by atoms with Crippen LogP contribution >= 0.6 is 0 Å². The minimum absolute atomic E-state index is 0.0836. The summed E-state index contributed by atoms with van der Waals surface area (Å²) in [5.74, 6) is 0.368. The van der Waals surface area contributed by atoms with Crippen LogP contribution in [0.1, 0.15) is 86.3 Å². The topological polar surface area (TPSA) is 69.0 Å². The summed E-state index contributed by atoms with van der Waals surface area (Å²) in [4.78, 5) is 18.3. The Bertz CT molecular complexity index is 1140. The second-order valence-electron chi connectivity index (χ2n) is 10.1. The molecule has 0 unspecified atom stereocenters. The number of aryl methyl sites for hydroxylation is 1. The minimum atomic E-state index is -0.214. The van der Waals surface area contributed by atoms with Crippen LogP contribution in [-0.2, 0) is 23.4 Å². The van der Waals surface area contributed by atoms with Crippen LogP contribution in [0.4, 0.5) is 0 Å². The Morgan fingerprint density at radius 3 is 2.59 bits per heavy atom. The lowest BCUT2D eigenvalue weighted by Crippen LogP contribution is -2.25. The third-order valence-electron chi connectivity index (χ3n) is 5.74. The van der Waals surface area contributed by atoms with Gasteiger partial charge in [0.1, 0.15) is 0 Å². The molecule has 1 amide bonds. The molecule has 1 saturated carbocycles. The number of amides is 1. The van der Waals surface area contributed by atoms with Gasteiger partial charge in [-0.05, 0) is 71.6 Å². The number of aromatic nitrogens is 3. The summed E-state index contributed by atoms with van der Waals surface area (Å²) < 4.78 is 7.66. The number of hydrogen-bond donors (Lipinski definition) is 1. The number of ether oxygens (including phenoxy) is 1. The summed E-state index contributed by atoms with van der Waals surface area (Å²) in [5.41, 5.74) is 5.26. The summed E-state index contributed by atoms with van der Waals surface area (Å²) in [6, 6.07) is 10.1. The average molecular weight is 435 g/mol. The highest BCUT2D eigenvalue weighted by atomic mass is 16.5. The Kier molecular flexibility index (Phi) is 6.08. The Morgan fingerprint density at radius 1 is 1.22 bits per heavy atom. The van der Waals surface area contributed by atoms with E-state index in [1.165, 1.54) is 0 Å². The first kappa shape index (κ1) is 22.5. The van der Waals surface area contributed by atoms with Crippen molar-refractivity contribution in [2.24, 2.45) is 0 Å². The Labute approximate surface area is 190 Å². The number of carbonyl (C=O) groups excluding carboxylic acids is 1. The smallest absolute Gasteiger partial charge is 0.252 e. The van der Waals surface area contributed by atoms with E-state index in [0.29, 0.717) is 24.6 Å². The first-order valence-electron chi connectivity index (χ1n) is 11.5. The molecule has 1 aromatic carbocycles. The molecule has 32 heavy (non-hydrogen) atoms. The Morgan fingerprint density at radius 2 is 1.94 bits per heavy atom.